The fourth-order valence-corrected chi connectivity index (χ4v) is 5.24. The summed E-state index contributed by atoms with van der Waals surface area (Å²) in [6.45, 7) is 4.89. The van der Waals surface area contributed by atoms with Crippen molar-refractivity contribution < 1.29 is 49.5 Å². The summed E-state index contributed by atoms with van der Waals surface area (Å²) in [6, 6.07) is 17.9. The zero-order valence-electron chi connectivity index (χ0n) is 21.6. The lowest BCUT2D eigenvalue weighted by Crippen LogP contribution is -2.65. The van der Waals surface area contributed by atoms with Crippen LogP contribution in [-0.2, 0) is 51.2 Å². The van der Waals surface area contributed by atoms with Gasteiger partial charge in [0.05, 0.1) is 19.5 Å². The first-order valence-corrected chi connectivity index (χ1v) is 13.8. The topological polar surface area (TPSA) is 89.5 Å². The molecule has 0 bridgehead atoms. The quantitative estimate of drug-likeness (QED) is 0.227. The molecule has 8 nitrogen and oxygen atoms in total. The van der Waals surface area contributed by atoms with Crippen LogP contribution >= 0.6 is 0 Å². The van der Waals surface area contributed by atoms with E-state index in [0.717, 1.165) is 5.56 Å². The molecule has 1 saturated carbocycles. The van der Waals surface area contributed by atoms with Gasteiger partial charge in [0.25, 0.3) is 0 Å². The second-order valence-corrected chi connectivity index (χ2v) is 11.2. The normalized spacial score (nSPS) is 28.9. The van der Waals surface area contributed by atoms with Crippen LogP contribution in [0.5, 0.6) is 0 Å². The van der Waals surface area contributed by atoms with E-state index in [2.05, 4.69) is 0 Å². The van der Waals surface area contributed by atoms with Crippen LogP contribution in [0.1, 0.15) is 31.9 Å². The zero-order valence-corrected chi connectivity index (χ0v) is 22.4. The van der Waals surface area contributed by atoms with Crippen LogP contribution < -0.4 is 0 Å². The Labute approximate surface area is 225 Å². The molecule has 1 saturated heterocycles. The number of alkyl halides is 3. The molecule has 2 aromatic carbocycles. The lowest BCUT2D eigenvalue weighted by molar-refractivity contribution is -0.220. The number of fused-ring (bicyclic) bond motifs is 1. The molecule has 1 heterocycles. The second kappa shape index (κ2) is 11.9. The maximum Gasteiger partial charge on any atom is 0.523 e. The predicted molar refractivity (Wildman–Crippen MR) is 133 cm³/mol. The van der Waals surface area contributed by atoms with Crippen molar-refractivity contribution in [3.8, 4) is 0 Å². The molecule has 1 aliphatic heterocycles. The largest absolute Gasteiger partial charge is 0.523 e. The third-order valence-electron chi connectivity index (χ3n) is 6.25. The van der Waals surface area contributed by atoms with Gasteiger partial charge in [-0.2, -0.15) is 21.6 Å². The summed E-state index contributed by atoms with van der Waals surface area (Å²) >= 11 is 0. The molecule has 0 spiro atoms. The molecule has 0 unspecified atom stereocenters. The van der Waals surface area contributed by atoms with Gasteiger partial charge in [0.15, 0.2) is 11.9 Å². The van der Waals surface area contributed by atoms with Crippen LogP contribution in [0.2, 0.25) is 0 Å². The van der Waals surface area contributed by atoms with Gasteiger partial charge in [-0.05, 0) is 31.9 Å². The molecule has 0 amide bonds. The highest BCUT2D eigenvalue weighted by molar-refractivity contribution is 7.87. The highest BCUT2D eigenvalue weighted by Gasteiger charge is 2.63. The second-order valence-electron chi connectivity index (χ2n) is 9.62. The van der Waals surface area contributed by atoms with Crippen LogP contribution in [0.15, 0.2) is 73.0 Å². The highest BCUT2D eigenvalue weighted by atomic mass is 32.2. The first-order chi connectivity index (χ1) is 18.4. The number of ether oxygens (including phenoxy) is 5. The van der Waals surface area contributed by atoms with Crippen molar-refractivity contribution in [2.75, 3.05) is 0 Å². The van der Waals surface area contributed by atoms with Gasteiger partial charge in [0.1, 0.15) is 30.5 Å². The monoisotopic (exact) mass is 572 g/mol. The van der Waals surface area contributed by atoms with Gasteiger partial charge >= 0.3 is 15.6 Å². The van der Waals surface area contributed by atoms with Crippen molar-refractivity contribution in [3.63, 3.8) is 0 Å². The fourth-order valence-electron chi connectivity index (χ4n) is 4.62. The van der Waals surface area contributed by atoms with Gasteiger partial charge in [0.2, 0.25) is 0 Å². The molecule has 2 aromatic rings. The molecule has 0 radical (unpaired) electrons. The van der Waals surface area contributed by atoms with E-state index >= 15 is 0 Å². The fraction of sp³-hybridized carbons (Fsp3) is 0.481. The number of halogens is 3. The maximum atomic E-state index is 13.5. The van der Waals surface area contributed by atoms with Gasteiger partial charge in [-0.15, -0.1) is 0 Å². The van der Waals surface area contributed by atoms with Crippen LogP contribution in [0, 0.1) is 0 Å². The maximum absolute atomic E-state index is 13.5. The van der Waals surface area contributed by atoms with E-state index in [9.17, 15) is 21.6 Å². The molecule has 0 N–H and O–H groups in total. The summed E-state index contributed by atoms with van der Waals surface area (Å²) in [6.07, 6.45) is -4.77. The molecule has 4 rings (SSSR count). The van der Waals surface area contributed by atoms with Crippen LogP contribution in [0.25, 0.3) is 0 Å². The summed E-state index contributed by atoms with van der Waals surface area (Å²) in [7, 11) is -6.06. The number of hydrogen-bond acceptors (Lipinski definition) is 8. The highest BCUT2D eigenvalue weighted by Crippen LogP contribution is 2.43. The number of allylic oxidation sites excluding steroid dienone is 1. The summed E-state index contributed by atoms with van der Waals surface area (Å²) in [5.74, 6) is -1.18. The van der Waals surface area contributed by atoms with E-state index in [0.29, 0.717) is 5.56 Å². The standard InChI is InChI=1S/C27H31F3O8S/c1-4-15-33-21-20(34-16-18-11-7-5-8-12-18)23-24(37-26(2,3)36-23)22(35-17-19-13-9-6-10-14-19)25(21)38-39(31,32)27(28,29)30/h4-15,20-25H,16-17H2,1-3H3/b15-4+/t20-,21-,22+,23+,24+,25+/m0/s1. The Morgan fingerprint density at radius 2 is 1.28 bits per heavy atom. The van der Waals surface area contributed by atoms with Crippen molar-refractivity contribution in [1.82, 2.24) is 0 Å². The zero-order chi connectivity index (χ0) is 28.3. The van der Waals surface area contributed by atoms with Gasteiger partial charge in [-0.3, -0.25) is 4.18 Å². The van der Waals surface area contributed by atoms with Crippen LogP contribution in [-0.4, -0.2) is 56.3 Å². The van der Waals surface area contributed by atoms with Crippen molar-refractivity contribution in [3.05, 3.63) is 84.1 Å². The average Bonchev–Trinajstić information content (AvgIpc) is 3.21. The molecule has 6 atom stereocenters. The van der Waals surface area contributed by atoms with Crippen molar-refractivity contribution >= 4 is 10.1 Å². The summed E-state index contributed by atoms with van der Waals surface area (Å²) in [5, 5.41) is 0. The third-order valence-corrected chi connectivity index (χ3v) is 7.29. The Morgan fingerprint density at radius 3 is 1.72 bits per heavy atom. The van der Waals surface area contributed by atoms with E-state index in [1.807, 2.05) is 30.3 Å². The molecule has 12 heteroatoms. The number of rotatable bonds is 10. The molecule has 1 aliphatic carbocycles. The lowest BCUT2D eigenvalue weighted by Gasteiger charge is -2.45. The Kier molecular flexibility index (Phi) is 9.04. The van der Waals surface area contributed by atoms with Gasteiger partial charge in [0, 0.05) is 0 Å². The average molecular weight is 573 g/mol. The van der Waals surface area contributed by atoms with E-state index in [1.54, 1.807) is 51.1 Å². The van der Waals surface area contributed by atoms with Crippen LogP contribution in [0.4, 0.5) is 13.2 Å². The molecule has 39 heavy (non-hydrogen) atoms. The minimum absolute atomic E-state index is 0.0441. The smallest absolute Gasteiger partial charge is 0.493 e. The summed E-state index contributed by atoms with van der Waals surface area (Å²) in [5.41, 5.74) is -4.19. The molecule has 2 fully saturated rings. The minimum atomic E-state index is -6.06. The molecule has 0 aromatic heterocycles. The van der Waals surface area contributed by atoms with Crippen molar-refractivity contribution in [2.45, 2.75) is 81.9 Å². The summed E-state index contributed by atoms with van der Waals surface area (Å²) in [4.78, 5) is 0. The first-order valence-electron chi connectivity index (χ1n) is 12.3. The third kappa shape index (κ3) is 7.00. The lowest BCUT2D eigenvalue weighted by atomic mass is 9.84. The van der Waals surface area contributed by atoms with Gasteiger partial charge in [-0.25, -0.2) is 0 Å². The Bertz CT molecular complexity index is 1200. The summed E-state index contributed by atoms with van der Waals surface area (Å²) < 4.78 is 100. The van der Waals surface area contributed by atoms with E-state index < -0.39 is 58.0 Å². The number of hydrogen-bond donors (Lipinski definition) is 0. The first kappa shape index (κ1) is 29.5. The SMILES string of the molecule is C/C=C/O[C@H]1[C@H](OCc2ccccc2)[C@H]2OC(C)(C)O[C@@H]2[C@@H](OCc2ccccc2)[C@@H]1OS(=O)(=O)C(F)(F)F. The van der Waals surface area contributed by atoms with E-state index in [-0.39, 0.29) is 13.2 Å². The molecular formula is C27H31F3O8S. The van der Waals surface area contributed by atoms with E-state index in [4.69, 9.17) is 27.9 Å². The molecule has 214 valence electrons. The van der Waals surface area contributed by atoms with Gasteiger partial charge in [-0.1, -0.05) is 66.7 Å². The Hall–Kier alpha value is -2.48. The van der Waals surface area contributed by atoms with Crippen molar-refractivity contribution in [1.29, 1.82) is 0 Å². The Morgan fingerprint density at radius 1 is 0.821 bits per heavy atom. The number of benzene rings is 2. The minimum Gasteiger partial charge on any atom is -0.493 e. The predicted octanol–water partition coefficient (Wildman–Crippen LogP) is 4.84. The van der Waals surface area contributed by atoms with Gasteiger partial charge < -0.3 is 23.7 Å². The van der Waals surface area contributed by atoms with Crippen LogP contribution in [0.3, 0.4) is 0 Å². The molecule has 2 aliphatic rings. The molecular weight excluding hydrogens is 541 g/mol. The van der Waals surface area contributed by atoms with E-state index in [1.165, 1.54) is 12.3 Å². The van der Waals surface area contributed by atoms with Crippen molar-refractivity contribution in [2.24, 2.45) is 0 Å². The Balaban J connectivity index is 1.74.